The van der Waals surface area contributed by atoms with E-state index < -0.39 is 5.60 Å². The molecule has 0 aromatic heterocycles. The molecule has 104 valence electrons. The van der Waals surface area contributed by atoms with Gasteiger partial charge in [-0.2, -0.15) is 0 Å². The summed E-state index contributed by atoms with van der Waals surface area (Å²) < 4.78 is 11.1. The predicted molar refractivity (Wildman–Crippen MR) is 68.6 cm³/mol. The number of morpholine rings is 1. The fourth-order valence-corrected chi connectivity index (χ4v) is 2.51. The van der Waals surface area contributed by atoms with Gasteiger partial charge in [0.1, 0.15) is 5.60 Å². The number of hydrogen-bond acceptors (Lipinski definition) is 4. The maximum Gasteiger partial charge on any atom is 0.408 e. The van der Waals surface area contributed by atoms with Gasteiger partial charge in [-0.15, -0.1) is 0 Å². The quantitative estimate of drug-likeness (QED) is 0.784. The van der Waals surface area contributed by atoms with Crippen molar-refractivity contribution >= 4 is 6.09 Å². The number of rotatable bonds is 2. The van der Waals surface area contributed by atoms with Crippen LogP contribution in [0.2, 0.25) is 0 Å². The number of carbonyl (C=O) groups is 1. The van der Waals surface area contributed by atoms with Crippen LogP contribution in [0.25, 0.3) is 0 Å². The first-order valence-electron chi connectivity index (χ1n) is 6.75. The summed E-state index contributed by atoms with van der Waals surface area (Å²) in [6, 6.07) is 0. The second-order valence-electron chi connectivity index (χ2n) is 6.20. The molecule has 1 atom stereocenters. The topological polar surface area (TPSA) is 59.6 Å². The van der Waals surface area contributed by atoms with Gasteiger partial charge in [-0.1, -0.05) is 0 Å². The molecule has 0 spiro atoms. The fraction of sp³-hybridized carbons (Fsp3) is 0.923. The van der Waals surface area contributed by atoms with Crippen molar-refractivity contribution in [2.24, 2.45) is 0 Å². The third-order valence-electron chi connectivity index (χ3n) is 3.54. The number of ether oxygens (including phenoxy) is 2. The molecule has 5 nitrogen and oxygen atoms in total. The van der Waals surface area contributed by atoms with E-state index in [0.29, 0.717) is 6.61 Å². The van der Waals surface area contributed by atoms with E-state index in [9.17, 15) is 4.79 Å². The van der Waals surface area contributed by atoms with Crippen LogP contribution < -0.4 is 10.6 Å². The lowest BCUT2D eigenvalue weighted by Crippen LogP contribution is -2.66. The smallest absolute Gasteiger partial charge is 0.408 e. The van der Waals surface area contributed by atoms with Gasteiger partial charge < -0.3 is 20.1 Å². The fourth-order valence-electron chi connectivity index (χ4n) is 2.51. The molecule has 0 aromatic carbocycles. The van der Waals surface area contributed by atoms with Crippen molar-refractivity contribution in [3.8, 4) is 0 Å². The Morgan fingerprint density at radius 2 is 2.17 bits per heavy atom. The Morgan fingerprint density at radius 3 is 2.61 bits per heavy atom. The van der Waals surface area contributed by atoms with Gasteiger partial charge in [0.2, 0.25) is 0 Å². The van der Waals surface area contributed by atoms with Gasteiger partial charge in [0.25, 0.3) is 0 Å². The summed E-state index contributed by atoms with van der Waals surface area (Å²) in [4.78, 5) is 11.9. The van der Waals surface area contributed by atoms with Crippen molar-refractivity contribution in [3.05, 3.63) is 0 Å². The van der Waals surface area contributed by atoms with Crippen LogP contribution in [0.5, 0.6) is 0 Å². The lowest BCUT2D eigenvalue weighted by Gasteiger charge is -2.48. The van der Waals surface area contributed by atoms with Gasteiger partial charge in [0.05, 0.1) is 18.2 Å². The Balaban J connectivity index is 1.93. The highest BCUT2D eigenvalue weighted by molar-refractivity contribution is 5.69. The van der Waals surface area contributed by atoms with Crippen LogP contribution in [0.15, 0.2) is 0 Å². The lowest BCUT2D eigenvalue weighted by molar-refractivity contribution is -0.0656. The molecule has 1 heterocycles. The van der Waals surface area contributed by atoms with Gasteiger partial charge >= 0.3 is 6.09 Å². The minimum absolute atomic E-state index is 0.0625. The van der Waals surface area contributed by atoms with E-state index in [2.05, 4.69) is 10.6 Å². The van der Waals surface area contributed by atoms with E-state index in [1.54, 1.807) is 0 Å². The van der Waals surface area contributed by atoms with E-state index in [4.69, 9.17) is 9.47 Å². The minimum Gasteiger partial charge on any atom is -0.444 e. The van der Waals surface area contributed by atoms with Gasteiger partial charge in [-0.3, -0.25) is 0 Å². The maximum absolute atomic E-state index is 11.9. The first-order chi connectivity index (χ1) is 8.41. The molecule has 5 heteroatoms. The van der Waals surface area contributed by atoms with Crippen LogP contribution >= 0.6 is 0 Å². The highest BCUT2D eigenvalue weighted by Gasteiger charge is 2.47. The SMILES string of the molecule is CC(C)(C)OC(=O)NC1(C2CNCCO2)CCC1. The van der Waals surface area contributed by atoms with Crippen LogP contribution in [0.4, 0.5) is 4.79 Å². The zero-order valence-electron chi connectivity index (χ0n) is 11.5. The summed E-state index contributed by atoms with van der Waals surface area (Å²) >= 11 is 0. The molecule has 0 aromatic rings. The molecule has 2 N–H and O–H groups in total. The van der Waals surface area contributed by atoms with Crippen molar-refractivity contribution in [1.29, 1.82) is 0 Å². The van der Waals surface area contributed by atoms with E-state index in [-0.39, 0.29) is 17.7 Å². The highest BCUT2D eigenvalue weighted by Crippen LogP contribution is 2.37. The van der Waals surface area contributed by atoms with E-state index in [0.717, 1.165) is 32.4 Å². The summed E-state index contributed by atoms with van der Waals surface area (Å²) in [5, 5.41) is 6.34. The zero-order chi connectivity index (χ0) is 13.2. The van der Waals surface area contributed by atoms with Gasteiger partial charge in [0.15, 0.2) is 0 Å². The third-order valence-corrected chi connectivity index (χ3v) is 3.54. The van der Waals surface area contributed by atoms with E-state index in [1.165, 1.54) is 0 Å². The van der Waals surface area contributed by atoms with Crippen LogP contribution in [0.3, 0.4) is 0 Å². The molecular formula is C13H24N2O3. The third kappa shape index (κ3) is 3.14. The molecule has 2 fully saturated rings. The Kier molecular flexibility index (Phi) is 3.82. The minimum atomic E-state index is -0.458. The zero-order valence-corrected chi connectivity index (χ0v) is 11.5. The normalized spacial score (nSPS) is 27.2. The van der Waals surface area contributed by atoms with Crippen molar-refractivity contribution < 1.29 is 14.3 Å². The van der Waals surface area contributed by atoms with Crippen LogP contribution in [-0.4, -0.2) is 43.0 Å². The van der Waals surface area contributed by atoms with Crippen molar-refractivity contribution in [2.45, 2.75) is 57.3 Å². The Hall–Kier alpha value is -0.810. The summed E-state index contributed by atoms with van der Waals surface area (Å²) in [5.74, 6) is 0. The molecule has 18 heavy (non-hydrogen) atoms. The Labute approximate surface area is 109 Å². The molecule has 1 saturated carbocycles. The summed E-state index contributed by atoms with van der Waals surface area (Å²) in [6.07, 6.45) is 2.80. The number of amides is 1. The molecular weight excluding hydrogens is 232 g/mol. The molecule has 1 saturated heterocycles. The average molecular weight is 256 g/mol. The number of alkyl carbamates (subject to hydrolysis) is 1. The molecule has 0 radical (unpaired) electrons. The second-order valence-corrected chi connectivity index (χ2v) is 6.20. The van der Waals surface area contributed by atoms with E-state index in [1.807, 2.05) is 20.8 Å². The number of nitrogens with one attached hydrogen (secondary N) is 2. The van der Waals surface area contributed by atoms with Gasteiger partial charge in [0, 0.05) is 13.1 Å². The van der Waals surface area contributed by atoms with Crippen LogP contribution in [0.1, 0.15) is 40.0 Å². The molecule has 1 unspecified atom stereocenters. The van der Waals surface area contributed by atoms with Gasteiger partial charge in [-0.25, -0.2) is 4.79 Å². The van der Waals surface area contributed by atoms with Crippen molar-refractivity contribution in [3.63, 3.8) is 0 Å². The Bertz CT molecular complexity index is 302. The average Bonchev–Trinajstić information content (AvgIpc) is 2.22. The monoisotopic (exact) mass is 256 g/mol. The largest absolute Gasteiger partial charge is 0.444 e. The molecule has 0 bridgehead atoms. The predicted octanol–water partition coefficient (Wildman–Crippen LogP) is 1.42. The number of hydrogen-bond donors (Lipinski definition) is 2. The standard InChI is InChI=1S/C13H24N2O3/c1-12(2,3)18-11(16)15-13(5-4-6-13)10-9-14-7-8-17-10/h10,14H,4-9H2,1-3H3,(H,15,16). The summed E-state index contributed by atoms with van der Waals surface area (Å²) in [6.45, 7) is 8.02. The molecule has 1 aliphatic carbocycles. The second kappa shape index (κ2) is 5.05. The Morgan fingerprint density at radius 1 is 1.44 bits per heavy atom. The lowest BCUT2D eigenvalue weighted by atomic mass is 9.72. The van der Waals surface area contributed by atoms with Crippen LogP contribution in [0, 0.1) is 0 Å². The molecule has 1 aliphatic heterocycles. The van der Waals surface area contributed by atoms with Crippen molar-refractivity contribution in [2.75, 3.05) is 19.7 Å². The summed E-state index contributed by atoms with van der Waals surface area (Å²) in [5.41, 5.74) is -0.684. The highest BCUT2D eigenvalue weighted by atomic mass is 16.6. The summed E-state index contributed by atoms with van der Waals surface area (Å²) in [7, 11) is 0. The molecule has 2 rings (SSSR count). The van der Waals surface area contributed by atoms with Crippen molar-refractivity contribution in [1.82, 2.24) is 10.6 Å². The first kappa shape index (κ1) is 13.6. The molecule has 1 amide bonds. The van der Waals surface area contributed by atoms with Gasteiger partial charge in [-0.05, 0) is 40.0 Å². The number of carbonyl (C=O) groups excluding carboxylic acids is 1. The first-order valence-corrected chi connectivity index (χ1v) is 6.75. The van der Waals surface area contributed by atoms with Crippen LogP contribution in [-0.2, 0) is 9.47 Å². The van der Waals surface area contributed by atoms with E-state index >= 15 is 0 Å². The maximum atomic E-state index is 11.9. The molecule has 2 aliphatic rings.